The molecular formula is C14H13ClN2O4S. The highest BCUT2D eigenvalue weighted by Crippen LogP contribution is 2.20. The van der Waals surface area contributed by atoms with E-state index in [9.17, 15) is 18.5 Å². The molecule has 0 saturated carbocycles. The molecule has 0 heterocycles. The molecule has 0 amide bonds. The number of rotatable bonds is 5. The van der Waals surface area contributed by atoms with Gasteiger partial charge in [0.15, 0.2) is 0 Å². The van der Waals surface area contributed by atoms with Gasteiger partial charge in [-0.3, -0.25) is 10.1 Å². The Hall–Kier alpha value is -1.96. The summed E-state index contributed by atoms with van der Waals surface area (Å²) in [6.07, 6.45) is 0. The molecule has 0 spiro atoms. The van der Waals surface area contributed by atoms with E-state index in [0.29, 0.717) is 16.1 Å². The Balaban J connectivity index is 2.21. The molecule has 0 unspecified atom stereocenters. The summed E-state index contributed by atoms with van der Waals surface area (Å²) in [6.45, 7) is 1.62. The van der Waals surface area contributed by atoms with Gasteiger partial charge in [0.05, 0.1) is 9.82 Å². The third kappa shape index (κ3) is 3.82. The van der Waals surface area contributed by atoms with E-state index in [1.807, 2.05) is 0 Å². The fraction of sp³-hybridized carbons (Fsp3) is 0.143. The predicted molar refractivity (Wildman–Crippen MR) is 83.3 cm³/mol. The first-order valence-electron chi connectivity index (χ1n) is 6.29. The number of nitro groups is 1. The molecule has 8 heteroatoms. The van der Waals surface area contributed by atoms with Gasteiger partial charge in [0.25, 0.3) is 5.69 Å². The lowest BCUT2D eigenvalue weighted by atomic mass is 10.2. The van der Waals surface area contributed by atoms with E-state index in [1.165, 1.54) is 24.3 Å². The molecular weight excluding hydrogens is 328 g/mol. The summed E-state index contributed by atoms with van der Waals surface area (Å²) in [7, 11) is -3.75. The average molecular weight is 341 g/mol. The molecule has 2 aromatic carbocycles. The van der Waals surface area contributed by atoms with Gasteiger partial charge in [-0.2, -0.15) is 0 Å². The van der Waals surface area contributed by atoms with E-state index in [1.54, 1.807) is 25.1 Å². The first kappa shape index (κ1) is 16.4. The number of hydrogen-bond donors (Lipinski definition) is 1. The van der Waals surface area contributed by atoms with Crippen molar-refractivity contribution in [3.05, 3.63) is 68.7 Å². The van der Waals surface area contributed by atoms with Gasteiger partial charge < -0.3 is 0 Å². The molecule has 0 bridgehead atoms. The van der Waals surface area contributed by atoms with Gasteiger partial charge in [0.2, 0.25) is 10.0 Å². The minimum Gasteiger partial charge on any atom is -0.258 e. The number of non-ortho nitro benzene ring substituents is 1. The molecule has 2 aromatic rings. The van der Waals surface area contributed by atoms with E-state index in [0.717, 1.165) is 0 Å². The molecule has 0 saturated heterocycles. The van der Waals surface area contributed by atoms with Crippen LogP contribution < -0.4 is 4.72 Å². The highest BCUT2D eigenvalue weighted by atomic mass is 35.5. The van der Waals surface area contributed by atoms with Crippen LogP contribution in [0.2, 0.25) is 5.02 Å². The van der Waals surface area contributed by atoms with Crippen LogP contribution in [0.1, 0.15) is 11.1 Å². The fourth-order valence-electron chi connectivity index (χ4n) is 1.90. The van der Waals surface area contributed by atoms with E-state index < -0.39 is 14.9 Å². The summed E-state index contributed by atoms with van der Waals surface area (Å²) >= 11 is 5.83. The van der Waals surface area contributed by atoms with Crippen molar-refractivity contribution in [1.29, 1.82) is 0 Å². The van der Waals surface area contributed by atoms with Crippen LogP contribution >= 0.6 is 11.6 Å². The maximum atomic E-state index is 12.3. The van der Waals surface area contributed by atoms with Gasteiger partial charge in [0.1, 0.15) is 0 Å². The largest absolute Gasteiger partial charge is 0.269 e. The van der Waals surface area contributed by atoms with Crippen LogP contribution in [0, 0.1) is 17.0 Å². The Bertz CT molecular complexity index is 821. The number of nitrogens with one attached hydrogen (secondary N) is 1. The van der Waals surface area contributed by atoms with Gasteiger partial charge in [-0.15, -0.1) is 0 Å². The van der Waals surface area contributed by atoms with Crippen molar-refractivity contribution in [3.63, 3.8) is 0 Å². The fourth-order valence-corrected chi connectivity index (χ4v) is 3.42. The zero-order valence-electron chi connectivity index (χ0n) is 11.6. The molecule has 1 N–H and O–H groups in total. The van der Waals surface area contributed by atoms with Crippen LogP contribution in [-0.2, 0) is 16.6 Å². The van der Waals surface area contributed by atoms with Crippen molar-refractivity contribution >= 4 is 27.3 Å². The van der Waals surface area contributed by atoms with Crippen LogP contribution in [0.4, 0.5) is 5.69 Å². The smallest absolute Gasteiger partial charge is 0.258 e. The lowest BCUT2D eigenvalue weighted by Gasteiger charge is -2.09. The summed E-state index contributed by atoms with van der Waals surface area (Å²) in [6, 6.07) is 10.4. The molecule has 22 heavy (non-hydrogen) atoms. The highest BCUT2D eigenvalue weighted by Gasteiger charge is 2.17. The Morgan fingerprint density at radius 2 is 1.95 bits per heavy atom. The first-order valence-corrected chi connectivity index (χ1v) is 8.15. The van der Waals surface area contributed by atoms with Crippen molar-refractivity contribution in [3.8, 4) is 0 Å². The molecule has 0 radical (unpaired) electrons. The van der Waals surface area contributed by atoms with Crippen molar-refractivity contribution < 1.29 is 13.3 Å². The summed E-state index contributed by atoms with van der Waals surface area (Å²) in [5.74, 6) is 0. The van der Waals surface area contributed by atoms with Crippen LogP contribution in [0.25, 0.3) is 0 Å². The molecule has 0 aromatic heterocycles. The van der Waals surface area contributed by atoms with Gasteiger partial charge in [-0.1, -0.05) is 29.8 Å². The Kier molecular flexibility index (Phi) is 4.80. The maximum Gasteiger partial charge on any atom is 0.269 e. The summed E-state index contributed by atoms with van der Waals surface area (Å²) in [5, 5.41) is 11.0. The van der Waals surface area contributed by atoms with E-state index in [-0.39, 0.29) is 17.1 Å². The predicted octanol–water partition coefficient (Wildman–Crippen LogP) is 3.04. The van der Waals surface area contributed by atoms with Crippen molar-refractivity contribution in [2.75, 3.05) is 0 Å². The quantitative estimate of drug-likeness (QED) is 0.669. The molecule has 0 atom stereocenters. The Morgan fingerprint density at radius 1 is 1.23 bits per heavy atom. The van der Waals surface area contributed by atoms with Crippen molar-refractivity contribution in [2.45, 2.75) is 18.4 Å². The van der Waals surface area contributed by atoms with Gasteiger partial charge in [0, 0.05) is 23.7 Å². The molecule has 6 nitrogen and oxygen atoms in total. The Labute approximate surface area is 132 Å². The normalized spacial score (nSPS) is 11.4. The van der Waals surface area contributed by atoms with Crippen LogP contribution in [-0.4, -0.2) is 13.3 Å². The molecule has 2 rings (SSSR count). The van der Waals surface area contributed by atoms with E-state index >= 15 is 0 Å². The second-order valence-corrected chi connectivity index (χ2v) is 6.83. The third-order valence-corrected chi connectivity index (χ3v) is 4.81. The van der Waals surface area contributed by atoms with Crippen LogP contribution in [0.5, 0.6) is 0 Å². The molecule has 0 aliphatic heterocycles. The maximum absolute atomic E-state index is 12.3. The Morgan fingerprint density at radius 3 is 2.64 bits per heavy atom. The minimum absolute atomic E-state index is 0.0457. The van der Waals surface area contributed by atoms with E-state index in [2.05, 4.69) is 4.72 Å². The SMILES string of the molecule is Cc1ccc(Cl)cc1S(=O)(=O)NCc1cccc([N+](=O)[O-])c1. The topological polar surface area (TPSA) is 89.3 Å². The third-order valence-electron chi connectivity index (χ3n) is 3.03. The second kappa shape index (κ2) is 6.43. The average Bonchev–Trinajstić information content (AvgIpc) is 2.48. The molecule has 0 aliphatic rings. The van der Waals surface area contributed by atoms with Gasteiger partial charge in [-0.25, -0.2) is 13.1 Å². The monoisotopic (exact) mass is 340 g/mol. The summed E-state index contributed by atoms with van der Waals surface area (Å²) in [4.78, 5) is 10.3. The number of hydrogen-bond acceptors (Lipinski definition) is 4. The number of sulfonamides is 1. The second-order valence-electron chi connectivity index (χ2n) is 4.66. The summed E-state index contributed by atoms with van der Waals surface area (Å²) < 4.78 is 27.0. The number of nitrogens with zero attached hydrogens (tertiary/aromatic N) is 1. The number of benzene rings is 2. The van der Waals surface area contributed by atoms with Crippen molar-refractivity contribution in [1.82, 2.24) is 4.72 Å². The molecule has 116 valence electrons. The first-order chi connectivity index (χ1) is 10.3. The molecule has 0 aliphatic carbocycles. The number of halogens is 1. The number of nitro benzene ring substituents is 1. The molecule has 0 fully saturated rings. The summed E-state index contributed by atoms with van der Waals surface area (Å²) in [5.41, 5.74) is 0.976. The standard InChI is InChI=1S/C14H13ClN2O4S/c1-10-5-6-12(15)8-14(10)22(20,21)16-9-11-3-2-4-13(7-11)17(18)19/h2-8,16H,9H2,1H3. The van der Waals surface area contributed by atoms with Gasteiger partial charge in [-0.05, 0) is 30.2 Å². The van der Waals surface area contributed by atoms with Crippen molar-refractivity contribution in [2.24, 2.45) is 0 Å². The van der Waals surface area contributed by atoms with Gasteiger partial charge >= 0.3 is 0 Å². The minimum atomic E-state index is -3.75. The zero-order chi connectivity index (χ0) is 16.3. The van der Waals surface area contributed by atoms with Crippen LogP contribution in [0.3, 0.4) is 0 Å². The lowest BCUT2D eigenvalue weighted by molar-refractivity contribution is -0.384. The zero-order valence-corrected chi connectivity index (χ0v) is 13.2. The number of aryl methyl sites for hydroxylation is 1. The van der Waals surface area contributed by atoms with E-state index in [4.69, 9.17) is 11.6 Å². The lowest BCUT2D eigenvalue weighted by Crippen LogP contribution is -2.24. The highest BCUT2D eigenvalue weighted by molar-refractivity contribution is 7.89. The van der Waals surface area contributed by atoms with Crippen LogP contribution in [0.15, 0.2) is 47.4 Å².